The molecule has 0 atom stereocenters. The number of carbonyl (C=O) groups is 2. The Morgan fingerprint density at radius 3 is 2.03 bits per heavy atom. The Hall–Kier alpha value is -3.08. The first-order valence-corrected chi connectivity index (χ1v) is 13.1. The van der Waals surface area contributed by atoms with Crippen molar-refractivity contribution < 1.29 is 35.9 Å². The summed E-state index contributed by atoms with van der Waals surface area (Å²) >= 11 is 0. The van der Waals surface area contributed by atoms with Gasteiger partial charge < -0.3 is 10.6 Å². The fraction of sp³-hybridized carbons (Fsp3) is 0.500. The van der Waals surface area contributed by atoms with Crippen LogP contribution >= 0.6 is 0 Å². The summed E-state index contributed by atoms with van der Waals surface area (Å²) in [6.45, 7) is 1.95. The van der Waals surface area contributed by atoms with E-state index in [4.69, 9.17) is 0 Å². The number of piperidine rings is 1. The molecule has 4 rings (SSSR count). The van der Waals surface area contributed by atoms with E-state index in [0.717, 1.165) is 44.1 Å². The van der Waals surface area contributed by atoms with Crippen molar-refractivity contribution in [2.24, 2.45) is 5.92 Å². The number of alkyl halides is 6. The summed E-state index contributed by atoms with van der Waals surface area (Å²) in [5.74, 6) is -0.981. The monoisotopic (exact) mass is 555 g/mol. The highest BCUT2D eigenvalue weighted by molar-refractivity contribution is 6.04. The summed E-state index contributed by atoms with van der Waals surface area (Å²) in [6, 6.07) is 7.70. The van der Waals surface area contributed by atoms with Crippen molar-refractivity contribution in [1.82, 2.24) is 10.2 Å². The second-order valence-corrected chi connectivity index (χ2v) is 10.3. The Labute approximate surface area is 222 Å². The number of amides is 2. The van der Waals surface area contributed by atoms with Gasteiger partial charge in [-0.1, -0.05) is 31.4 Å². The van der Waals surface area contributed by atoms with Crippen LogP contribution in [-0.4, -0.2) is 35.8 Å². The van der Waals surface area contributed by atoms with Gasteiger partial charge in [0.1, 0.15) is 0 Å². The third kappa shape index (κ3) is 7.97. The molecule has 1 saturated carbocycles. The van der Waals surface area contributed by atoms with Gasteiger partial charge in [-0.25, -0.2) is 0 Å². The van der Waals surface area contributed by atoms with Crippen LogP contribution in [-0.2, 0) is 23.7 Å². The van der Waals surface area contributed by atoms with E-state index in [9.17, 15) is 35.9 Å². The molecule has 2 N–H and O–H groups in total. The summed E-state index contributed by atoms with van der Waals surface area (Å²) in [6.07, 6.45) is -3.03. The molecule has 0 aromatic heterocycles. The lowest BCUT2D eigenvalue weighted by Gasteiger charge is -2.32. The molecule has 39 heavy (non-hydrogen) atoms. The first kappa shape index (κ1) is 28.9. The molecule has 0 bridgehead atoms. The zero-order valence-corrected chi connectivity index (χ0v) is 21.3. The maximum absolute atomic E-state index is 13.1. The van der Waals surface area contributed by atoms with Crippen molar-refractivity contribution in [2.75, 3.05) is 18.4 Å². The topological polar surface area (TPSA) is 61.4 Å². The summed E-state index contributed by atoms with van der Waals surface area (Å²) in [7, 11) is 0. The van der Waals surface area contributed by atoms with Gasteiger partial charge in [-0.2, -0.15) is 26.3 Å². The lowest BCUT2D eigenvalue weighted by Crippen LogP contribution is -2.44. The maximum Gasteiger partial charge on any atom is 0.416 e. The van der Waals surface area contributed by atoms with E-state index >= 15 is 0 Å². The van der Waals surface area contributed by atoms with Crippen molar-refractivity contribution in [3.05, 3.63) is 64.7 Å². The van der Waals surface area contributed by atoms with Gasteiger partial charge in [0.15, 0.2) is 0 Å². The minimum absolute atomic E-state index is 0.0137. The van der Waals surface area contributed by atoms with Crippen LogP contribution in [0.1, 0.15) is 72.0 Å². The molecule has 0 unspecified atom stereocenters. The molecular formula is C28H31F6N3O2. The zero-order valence-electron chi connectivity index (χ0n) is 21.3. The second kappa shape index (κ2) is 12.0. The quantitative estimate of drug-likeness (QED) is 0.393. The van der Waals surface area contributed by atoms with Gasteiger partial charge in [0.2, 0.25) is 5.91 Å². The van der Waals surface area contributed by atoms with E-state index < -0.39 is 35.0 Å². The molecule has 2 fully saturated rings. The Balaban J connectivity index is 1.35. The highest BCUT2D eigenvalue weighted by Crippen LogP contribution is 2.36. The van der Waals surface area contributed by atoms with Crippen molar-refractivity contribution >= 4 is 17.5 Å². The van der Waals surface area contributed by atoms with Gasteiger partial charge in [0.05, 0.1) is 11.1 Å². The first-order valence-electron chi connectivity index (χ1n) is 13.1. The number of nitrogens with zero attached hydrogens (tertiary/aromatic N) is 1. The highest BCUT2D eigenvalue weighted by atomic mass is 19.4. The second-order valence-electron chi connectivity index (χ2n) is 10.3. The first-order chi connectivity index (χ1) is 18.4. The molecule has 11 heteroatoms. The molecule has 1 saturated heterocycles. The number of hydrogen-bond acceptors (Lipinski definition) is 3. The zero-order chi connectivity index (χ0) is 28.2. The molecule has 2 amide bonds. The Morgan fingerprint density at radius 1 is 0.821 bits per heavy atom. The van der Waals surface area contributed by atoms with Gasteiger partial charge in [-0.15, -0.1) is 0 Å². The number of likely N-dealkylation sites (tertiary alicyclic amines) is 1. The number of nitrogens with one attached hydrogen (secondary N) is 2. The van der Waals surface area contributed by atoms with Gasteiger partial charge in [0.25, 0.3) is 5.91 Å². The normalized spacial score (nSPS) is 18.1. The van der Waals surface area contributed by atoms with Crippen LogP contribution in [0.25, 0.3) is 0 Å². The summed E-state index contributed by atoms with van der Waals surface area (Å²) < 4.78 is 78.9. The van der Waals surface area contributed by atoms with Crippen LogP contribution in [0, 0.1) is 5.92 Å². The van der Waals surface area contributed by atoms with E-state index in [1.807, 2.05) is 6.07 Å². The molecule has 1 aliphatic heterocycles. The van der Waals surface area contributed by atoms with Gasteiger partial charge >= 0.3 is 12.4 Å². The van der Waals surface area contributed by atoms with E-state index in [1.165, 1.54) is 12.5 Å². The number of rotatable bonds is 6. The van der Waals surface area contributed by atoms with Crippen molar-refractivity contribution in [3.63, 3.8) is 0 Å². The summed E-state index contributed by atoms with van der Waals surface area (Å²) in [5.41, 5.74) is -2.77. The number of carbonyl (C=O) groups excluding carboxylic acids is 2. The van der Waals surface area contributed by atoms with Crippen molar-refractivity contribution in [1.29, 1.82) is 0 Å². The standard InChI is InChI=1S/C28H31F6N3O2/c29-27(30,31)21-14-20(15-22(16-21)28(32,33)34)26(39)36-24-8-4-5-18(13-24)17-37-11-9-19(10-12-37)25(38)35-23-6-2-1-3-7-23/h4-5,8,13-16,19,23H,1-3,6-7,9-12,17H2,(H,35,38)(H,36,39). The van der Waals surface area contributed by atoms with Gasteiger partial charge in [-0.05, 0) is 74.7 Å². The number of hydrogen-bond donors (Lipinski definition) is 2. The van der Waals surface area contributed by atoms with Crippen molar-refractivity contribution in [2.45, 2.75) is 69.9 Å². The smallest absolute Gasteiger partial charge is 0.353 e. The molecule has 2 aromatic rings. The average molecular weight is 556 g/mol. The lowest BCUT2D eigenvalue weighted by molar-refractivity contribution is -0.143. The molecule has 1 aliphatic carbocycles. The summed E-state index contributed by atoms with van der Waals surface area (Å²) in [4.78, 5) is 27.4. The molecule has 0 spiro atoms. The third-order valence-corrected chi connectivity index (χ3v) is 7.35. The molecule has 2 aliphatic rings. The molecule has 0 radical (unpaired) electrons. The van der Waals surface area contributed by atoms with Gasteiger partial charge in [-0.3, -0.25) is 14.5 Å². The molecule has 2 aromatic carbocycles. The predicted molar refractivity (Wildman–Crippen MR) is 134 cm³/mol. The van der Waals surface area contributed by atoms with E-state index in [0.29, 0.717) is 31.8 Å². The molecular weight excluding hydrogens is 524 g/mol. The van der Waals surface area contributed by atoms with Crippen molar-refractivity contribution in [3.8, 4) is 0 Å². The van der Waals surface area contributed by atoms with Crippen LogP contribution in [0.2, 0.25) is 0 Å². The molecule has 212 valence electrons. The minimum Gasteiger partial charge on any atom is -0.353 e. The number of halogens is 6. The summed E-state index contributed by atoms with van der Waals surface area (Å²) in [5, 5.41) is 5.60. The van der Waals surface area contributed by atoms with Crippen LogP contribution in [0.5, 0.6) is 0 Å². The van der Waals surface area contributed by atoms with E-state index in [2.05, 4.69) is 15.5 Å². The van der Waals surface area contributed by atoms with Gasteiger partial charge in [0, 0.05) is 29.8 Å². The Kier molecular flexibility index (Phi) is 8.88. The third-order valence-electron chi connectivity index (χ3n) is 7.35. The van der Waals surface area contributed by atoms with E-state index in [-0.39, 0.29) is 29.6 Å². The maximum atomic E-state index is 13.1. The van der Waals surface area contributed by atoms with E-state index in [1.54, 1.807) is 12.1 Å². The highest BCUT2D eigenvalue weighted by Gasteiger charge is 2.37. The Morgan fingerprint density at radius 2 is 1.44 bits per heavy atom. The number of anilines is 1. The lowest BCUT2D eigenvalue weighted by atomic mass is 9.92. The number of benzene rings is 2. The van der Waals surface area contributed by atoms with Crippen LogP contribution in [0.15, 0.2) is 42.5 Å². The Bertz CT molecular complexity index is 1130. The van der Waals surface area contributed by atoms with Crippen LogP contribution in [0.3, 0.4) is 0 Å². The minimum atomic E-state index is -5.04. The average Bonchev–Trinajstić information content (AvgIpc) is 2.88. The molecule has 1 heterocycles. The van der Waals surface area contributed by atoms with Crippen LogP contribution in [0.4, 0.5) is 32.0 Å². The SMILES string of the molecule is O=C(Nc1cccc(CN2CCC(C(=O)NC3CCCCC3)CC2)c1)c1cc(C(F)(F)F)cc(C(F)(F)F)c1. The largest absolute Gasteiger partial charge is 0.416 e. The fourth-order valence-electron chi connectivity index (χ4n) is 5.21. The fourth-order valence-corrected chi connectivity index (χ4v) is 5.21. The molecule has 5 nitrogen and oxygen atoms in total. The predicted octanol–water partition coefficient (Wildman–Crippen LogP) is 6.64. The van der Waals surface area contributed by atoms with Crippen LogP contribution < -0.4 is 10.6 Å².